The Morgan fingerprint density at radius 1 is 1.08 bits per heavy atom. The van der Waals surface area contributed by atoms with Crippen LogP contribution >= 0.6 is 0 Å². The van der Waals surface area contributed by atoms with Crippen molar-refractivity contribution in [3.05, 3.63) is 59.7 Å². The first-order valence-electron chi connectivity index (χ1n) is 8.57. The zero-order valence-corrected chi connectivity index (χ0v) is 15.5. The van der Waals surface area contributed by atoms with Gasteiger partial charge in [-0.1, -0.05) is 45.0 Å². The number of amides is 1. The molecule has 0 bridgehead atoms. The van der Waals surface area contributed by atoms with E-state index in [1.807, 2.05) is 36.4 Å². The number of ether oxygens (including phenoxy) is 2. The lowest BCUT2D eigenvalue weighted by Crippen LogP contribution is -2.47. The molecule has 0 radical (unpaired) electrons. The van der Waals surface area contributed by atoms with Gasteiger partial charge in [-0.15, -0.1) is 0 Å². The van der Waals surface area contributed by atoms with Crippen molar-refractivity contribution in [3.63, 3.8) is 0 Å². The average Bonchev–Trinajstić information content (AvgIpc) is 2.65. The molecule has 0 saturated carbocycles. The number of benzene rings is 2. The molecule has 2 aromatic carbocycles. The van der Waals surface area contributed by atoms with E-state index in [-0.39, 0.29) is 17.9 Å². The van der Waals surface area contributed by atoms with E-state index in [1.165, 1.54) is 7.11 Å². The summed E-state index contributed by atoms with van der Waals surface area (Å²) in [7, 11) is 1.31. The van der Waals surface area contributed by atoms with Crippen LogP contribution in [0.2, 0.25) is 0 Å². The molecule has 1 atom stereocenters. The Morgan fingerprint density at radius 2 is 1.73 bits per heavy atom. The average molecular weight is 353 g/mol. The van der Waals surface area contributed by atoms with E-state index >= 15 is 0 Å². The van der Waals surface area contributed by atoms with Crippen LogP contribution in [0.1, 0.15) is 36.7 Å². The zero-order valence-electron chi connectivity index (χ0n) is 15.5. The molecule has 3 rings (SSSR count). The van der Waals surface area contributed by atoms with Gasteiger partial charge in [0.05, 0.1) is 19.3 Å². The van der Waals surface area contributed by atoms with Crippen LogP contribution < -0.4 is 9.64 Å². The van der Waals surface area contributed by atoms with Gasteiger partial charge in [-0.2, -0.15) is 0 Å². The fraction of sp³-hybridized carbons (Fsp3) is 0.333. The number of carbonyl (C=O) groups is 2. The molecule has 5 heteroatoms. The lowest BCUT2D eigenvalue weighted by Gasteiger charge is -2.33. The molecule has 5 nitrogen and oxygen atoms in total. The van der Waals surface area contributed by atoms with Crippen LogP contribution in [0.15, 0.2) is 48.5 Å². The number of methoxy groups -OCH3 is 1. The lowest BCUT2D eigenvalue weighted by atomic mass is 9.86. The molecule has 1 aliphatic rings. The monoisotopic (exact) mass is 353 g/mol. The van der Waals surface area contributed by atoms with E-state index in [0.29, 0.717) is 17.0 Å². The first-order chi connectivity index (χ1) is 12.3. The number of hydrogen-bond acceptors (Lipinski definition) is 4. The third-order valence-corrected chi connectivity index (χ3v) is 4.48. The second kappa shape index (κ2) is 6.83. The van der Waals surface area contributed by atoms with Crippen LogP contribution in [-0.2, 0) is 14.9 Å². The van der Waals surface area contributed by atoms with Gasteiger partial charge >= 0.3 is 5.97 Å². The number of nitrogens with zero attached hydrogens (tertiary/aromatic N) is 1. The minimum absolute atomic E-state index is 0.0170. The molecule has 1 amide bonds. The SMILES string of the molecule is COC(=O)[C@H]1CN(C(=O)c2ccc(C(C)(C)C)cc2)c2ccccc2O1. The molecule has 0 saturated heterocycles. The van der Waals surface area contributed by atoms with Crippen molar-refractivity contribution in [1.82, 2.24) is 0 Å². The van der Waals surface area contributed by atoms with Gasteiger partial charge < -0.3 is 14.4 Å². The smallest absolute Gasteiger partial charge is 0.348 e. The maximum absolute atomic E-state index is 13.1. The van der Waals surface area contributed by atoms with Gasteiger partial charge in [0.1, 0.15) is 5.75 Å². The second-order valence-corrected chi connectivity index (χ2v) is 7.34. The highest BCUT2D eigenvalue weighted by Crippen LogP contribution is 2.34. The molecular formula is C21H23NO4. The number of anilines is 1. The molecule has 0 aromatic heterocycles. The van der Waals surface area contributed by atoms with Crippen molar-refractivity contribution in [2.45, 2.75) is 32.3 Å². The molecule has 136 valence electrons. The van der Waals surface area contributed by atoms with Crippen LogP contribution in [0.4, 0.5) is 5.69 Å². The zero-order chi connectivity index (χ0) is 18.9. The van der Waals surface area contributed by atoms with Crippen molar-refractivity contribution >= 4 is 17.6 Å². The molecule has 1 heterocycles. The van der Waals surface area contributed by atoms with Crippen LogP contribution in [0.5, 0.6) is 5.75 Å². The number of carbonyl (C=O) groups excluding carboxylic acids is 2. The molecule has 2 aromatic rings. The highest BCUT2D eigenvalue weighted by atomic mass is 16.6. The van der Waals surface area contributed by atoms with Gasteiger partial charge in [0.2, 0.25) is 6.10 Å². The van der Waals surface area contributed by atoms with Crippen molar-refractivity contribution in [2.24, 2.45) is 0 Å². The molecule has 1 aliphatic heterocycles. The maximum atomic E-state index is 13.1. The summed E-state index contributed by atoms with van der Waals surface area (Å²) in [6.07, 6.45) is -0.840. The number of rotatable bonds is 2. The first-order valence-corrected chi connectivity index (χ1v) is 8.57. The van der Waals surface area contributed by atoms with E-state index in [2.05, 4.69) is 20.8 Å². The van der Waals surface area contributed by atoms with Gasteiger partial charge in [0.25, 0.3) is 5.91 Å². The maximum Gasteiger partial charge on any atom is 0.348 e. The van der Waals surface area contributed by atoms with Crippen LogP contribution in [0.3, 0.4) is 0 Å². The standard InChI is InChI=1S/C21H23NO4/c1-21(2,3)15-11-9-14(10-12-15)19(23)22-13-18(20(24)25-4)26-17-8-6-5-7-16(17)22/h5-12,18H,13H2,1-4H3/t18-/m1/s1. The Balaban J connectivity index is 1.93. The number of fused-ring (bicyclic) bond motifs is 1. The van der Waals surface area contributed by atoms with E-state index in [4.69, 9.17) is 9.47 Å². The van der Waals surface area contributed by atoms with Gasteiger partial charge in [0, 0.05) is 5.56 Å². The minimum atomic E-state index is -0.840. The topological polar surface area (TPSA) is 55.8 Å². The predicted octanol–water partition coefficient (Wildman–Crippen LogP) is 3.56. The normalized spacial score (nSPS) is 16.5. The highest BCUT2D eigenvalue weighted by Gasteiger charge is 2.34. The Kier molecular flexibility index (Phi) is 4.72. The van der Waals surface area contributed by atoms with E-state index < -0.39 is 12.1 Å². The summed E-state index contributed by atoms with van der Waals surface area (Å²) in [5, 5.41) is 0. The first kappa shape index (κ1) is 18.0. The van der Waals surface area contributed by atoms with Gasteiger partial charge in [-0.05, 0) is 35.2 Å². The number of hydrogen-bond donors (Lipinski definition) is 0. The summed E-state index contributed by atoms with van der Waals surface area (Å²) in [4.78, 5) is 26.6. The number of esters is 1. The van der Waals surface area contributed by atoms with Gasteiger partial charge in [0.15, 0.2) is 0 Å². The van der Waals surface area contributed by atoms with Gasteiger partial charge in [-0.3, -0.25) is 4.79 Å². The fourth-order valence-electron chi connectivity index (χ4n) is 2.95. The molecule has 0 aliphatic carbocycles. The summed E-state index contributed by atoms with van der Waals surface area (Å²) in [6.45, 7) is 6.50. The van der Waals surface area contributed by atoms with Crippen molar-refractivity contribution in [2.75, 3.05) is 18.6 Å². The summed E-state index contributed by atoms with van der Waals surface area (Å²) in [5.41, 5.74) is 2.39. The molecular weight excluding hydrogens is 330 g/mol. The van der Waals surface area contributed by atoms with Crippen molar-refractivity contribution in [1.29, 1.82) is 0 Å². The molecule has 0 fully saturated rings. The summed E-state index contributed by atoms with van der Waals surface area (Å²) >= 11 is 0. The fourth-order valence-corrected chi connectivity index (χ4v) is 2.95. The van der Waals surface area contributed by atoms with E-state index in [9.17, 15) is 9.59 Å². The van der Waals surface area contributed by atoms with Crippen LogP contribution in [0, 0.1) is 0 Å². The van der Waals surface area contributed by atoms with E-state index in [0.717, 1.165) is 5.56 Å². The van der Waals surface area contributed by atoms with Gasteiger partial charge in [-0.25, -0.2) is 4.79 Å². The summed E-state index contributed by atoms with van der Waals surface area (Å²) in [6, 6.07) is 14.8. The lowest BCUT2D eigenvalue weighted by molar-refractivity contribution is -0.148. The molecule has 0 spiro atoms. The minimum Gasteiger partial charge on any atom is -0.475 e. The molecule has 0 unspecified atom stereocenters. The predicted molar refractivity (Wildman–Crippen MR) is 99.7 cm³/mol. The third kappa shape index (κ3) is 3.43. The van der Waals surface area contributed by atoms with Crippen LogP contribution in [-0.4, -0.2) is 31.6 Å². The Morgan fingerprint density at radius 3 is 2.35 bits per heavy atom. The third-order valence-electron chi connectivity index (χ3n) is 4.48. The summed E-state index contributed by atoms with van der Waals surface area (Å²) in [5.74, 6) is -0.177. The highest BCUT2D eigenvalue weighted by molar-refractivity contribution is 6.07. The summed E-state index contributed by atoms with van der Waals surface area (Å²) < 4.78 is 10.5. The Hall–Kier alpha value is -2.82. The van der Waals surface area contributed by atoms with Crippen molar-refractivity contribution in [3.8, 4) is 5.75 Å². The Labute approximate surface area is 153 Å². The largest absolute Gasteiger partial charge is 0.475 e. The Bertz CT molecular complexity index is 821. The van der Waals surface area contributed by atoms with Crippen LogP contribution in [0.25, 0.3) is 0 Å². The second-order valence-electron chi connectivity index (χ2n) is 7.34. The van der Waals surface area contributed by atoms with Crippen molar-refractivity contribution < 1.29 is 19.1 Å². The molecule has 26 heavy (non-hydrogen) atoms. The number of para-hydroxylation sites is 2. The quantitative estimate of drug-likeness (QED) is 0.775. The molecule has 0 N–H and O–H groups in total. The van der Waals surface area contributed by atoms with E-state index in [1.54, 1.807) is 17.0 Å².